The molecule has 2 aromatic heterocycles. The number of fused-ring (bicyclic) bond motifs is 2. The van der Waals surface area contributed by atoms with Gasteiger partial charge in [0, 0.05) is 18.0 Å². The van der Waals surface area contributed by atoms with Gasteiger partial charge in [0.1, 0.15) is 5.58 Å². The minimum Gasteiger partial charge on any atom is -0.550 e. The van der Waals surface area contributed by atoms with Crippen LogP contribution in [0.5, 0.6) is 0 Å². The Bertz CT molecular complexity index is 1060. The van der Waals surface area contributed by atoms with Gasteiger partial charge in [0.25, 0.3) is 0 Å². The van der Waals surface area contributed by atoms with E-state index in [1.54, 1.807) is 18.2 Å². The first-order valence-electron chi connectivity index (χ1n) is 7.21. The van der Waals surface area contributed by atoms with Gasteiger partial charge in [-0.1, -0.05) is 13.0 Å². The fourth-order valence-corrected chi connectivity index (χ4v) is 2.53. The Balaban J connectivity index is 0.00000169. The van der Waals surface area contributed by atoms with Gasteiger partial charge >= 0.3 is 59.1 Å². The molecule has 0 bridgehead atoms. The summed E-state index contributed by atoms with van der Waals surface area (Å²) >= 11 is 0. The van der Waals surface area contributed by atoms with Crippen LogP contribution in [0.1, 0.15) is 28.5 Å². The molecule has 3 aromatic rings. The van der Waals surface area contributed by atoms with Gasteiger partial charge in [-0.3, -0.25) is 4.79 Å². The molecule has 0 radical (unpaired) electrons. The average Bonchev–Trinajstić information content (AvgIpc) is 2.53. The number of benzene rings is 1. The number of carbonyl (C=O) groups excluding carboxylic acids is 2. The number of pyridine rings is 1. The first-order chi connectivity index (χ1) is 11.4. The van der Waals surface area contributed by atoms with Crippen LogP contribution < -0.4 is 74.8 Å². The number of rotatable bonds is 4. The van der Waals surface area contributed by atoms with E-state index in [4.69, 9.17) is 4.42 Å². The van der Waals surface area contributed by atoms with E-state index in [9.17, 15) is 24.6 Å². The second kappa shape index (κ2) is 9.12. The van der Waals surface area contributed by atoms with E-state index in [1.807, 2.05) is 6.92 Å². The Labute approximate surface area is 192 Å². The summed E-state index contributed by atoms with van der Waals surface area (Å²) in [5, 5.41) is 22.3. The van der Waals surface area contributed by atoms with Crippen molar-refractivity contribution in [2.75, 3.05) is 0 Å². The second-order valence-electron chi connectivity index (χ2n) is 5.29. The van der Waals surface area contributed by atoms with Crippen LogP contribution in [-0.4, -0.2) is 16.9 Å². The van der Waals surface area contributed by atoms with Gasteiger partial charge < -0.3 is 24.2 Å². The minimum atomic E-state index is -1.62. The number of carboxylic acids is 2. The van der Waals surface area contributed by atoms with Crippen molar-refractivity contribution >= 4 is 34.0 Å². The third-order valence-corrected chi connectivity index (χ3v) is 3.75. The molecule has 1 aromatic carbocycles. The number of aliphatic carboxylic acids is 1. The van der Waals surface area contributed by atoms with E-state index in [1.165, 1.54) is 0 Å². The molecule has 122 valence electrons. The van der Waals surface area contributed by atoms with E-state index in [0.717, 1.165) is 18.1 Å². The van der Waals surface area contributed by atoms with Crippen molar-refractivity contribution in [1.29, 1.82) is 0 Å². The number of aromatic nitrogens is 1. The van der Waals surface area contributed by atoms with Gasteiger partial charge in [0.05, 0.1) is 22.4 Å². The van der Waals surface area contributed by atoms with Crippen LogP contribution in [0.4, 0.5) is 0 Å². The molecule has 9 heteroatoms. The fourth-order valence-electron chi connectivity index (χ4n) is 2.53. The molecule has 0 spiro atoms. The molecule has 3 rings (SSSR count). The summed E-state index contributed by atoms with van der Waals surface area (Å²) in [6.07, 6.45) is -0.00368. The molecule has 26 heavy (non-hydrogen) atoms. The van der Waals surface area contributed by atoms with Gasteiger partial charge in [0.15, 0.2) is 0 Å². The maximum Gasteiger partial charge on any atom is 1.00 e. The molecule has 0 saturated carbocycles. The van der Waals surface area contributed by atoms with Gasteiger partial charge in [-0.25, -0.2) is 4.98 Å². The maximum absolute atomic E-state index is 12.6. The molecule has 7 nitrogen and oxygen atoms in total. The number of hydrogen-bond acceptors (Lipinski definition) is 7. The predicted molar refractivity (Wildman–Crippen MR) is 80.2 cm³/mol. The Morgan fingerprint density at radius 1 is 1.12 bits per heavy atom. The van der Waals surface area contributed by atoms with Gasteiger partial charge in [0.2, 0.25) is 11.1 Å². The molecular formula is C17H11NNa2O6. The first-order valence-corrected chi connectivity index (χ1v) is 7.21. The summed E-state index contributed by atoms with van der Waals surface area (Å²) in [5.41, 5.74) is -0.0941. The number of carbonyl (C=O) groups is 2. The summed E-state index contributed by atoms with van der Waals surface area (Å²) in [6, 6.07) is 6.14. The molecule has 0 unspecified atom stereocenters. The Morgan fingerprint density at radius 3 is 2.38 bits per heavy atom. The van der Waals surface area contributed by atoms with Gasteiger partial charge in [-0.2, -0.15) is 0 Å². The zero-order valence-corrected chi connectivity index (χ0v) is 18.6. The largest absolute Gasteiger partial charge is 1.00 e. The number of hydrogen-bond donors (Lipinski definition) is 0. The number of aromatic carboxylic acids is 1. The van der Waals surface area contributed by atoms with E-state index < -0.39 is 29.4 Å². The Kier molecular flexibility index (Phi) is 8.01. The van der Waals surface area contributed by atoms with Crippen LogP contribution >= 0.6 is 0 Å². The molecule has 0 N–H and O–H groups in total. The quantitative estimate of drug-likeness (QED) is 0.330. The van der Waals surface area contributed by atoms with Crippen LogP contribution in [0.25, 0.3) is 22.1 Å². The van der Waals surface area contributed by atoms with Crippen molar-refractivity contribution in [2.45, 2.75) is 19.8 Å². The molecule has 2 heterocycles. The number of carboxylic acid groups (broad SMARTS) is 2. The molecule has 0 saturated heterocycles. The van der Waals surface area contributed by atoms with Crippen LogP contribution in [0.15, 0.2) is 33.5 Å². The first kappa shape index (κ1) is 22.8. The molecule has 0 aliphatic heterocycles. The normalized spacial score (nSPS) is 10.2. The molecule has 0 fully saturated rings. The molecule has 0 aliphatic rings. The van der Waals surface area contributed by atoms with E-state index >= 15 is 0 Å². The minimum absolute atomic E-state index is 0. The van der Waals surface area contributed by atoms with E-state index in [-0.39, 0.29) is 81.5 Å². The van der Waals surface area contributed by atoms with E-state index in [0.29, 0.717) is 5.39 Å². The maximum atomic E-state index is 12.6. The van der Waals surface area contributed by atoms with Crippen molar-refractivity contribution in [1.82, 2.24) is 4.98 Å². The standard InChI is InChI=1S/C17H13NO6.2Na/c1-2-8-3-4-13-10(5-8)15(21)11-6-9(17(22)23)12(7-14(19)20)18-16(11)24-13;;/h3-6H,2,7H2,1H3,(H,19,20)(H,22,23);;/q;2*+1/p-2. The summed E-state index contributed by atoms with van der Waals surface area (Å²) in [6.45, 7) is 1.94. The predicted octanol–water partition coefficient (Wildman–Crippen LogP) is -6.43. The third kappa shape index (κ3) is 4.36. The van der Waals surface area contributed by atoms with Crippen LogP contribution in [0, 0.1) is 0 Å². The second-order valence-corrected chi connectivity index (χ2v) is 5.29. The number of aryl methyl sites for hydroxylation is 1. The summed E-state index contributed by atoms with van der Waals surface area (Å²) < 4.78 is 5.55. The summed E-state index contributed by atoms with van der Waals surface area (Å²) in [5.74, 6) is -3.12. The van der Waals surface area contributed by atoms with Crippen molar-refractivity contribution in [3.63, 3.8) is 0 Å². The smallest absolute Gasteiger partial charge is 0.550 e. The van der Waals surface area contributed by atoms with Gasteiger partial charge in [-0.15, -0.1) is 0 Å². The third-order valence-electron chi connectivity index (χ3n) is 3.75. The zero-order chi connectivity index (χ0) is 17.4. The average molecular weight is 371 g/mol. The van der Waals surface area contributed by atoms with Crippen molar-refractivity contribution < 1.29 is 83.3 Å². The summed E-state index contributed by atoms with van der Waals surface area (Å²) in [4.78, 5) is 38.5. The SMILES string of the molecule is CCc1ccc2oc3nc(CC(=O)[O-])c(C(=O)[O-])cc3c(=O)c2c1.[Na+].[Na+]. The molecule has 0 aliphatic carbocycles. The van der Waals surface area contributed by atoms with Gasteiger partial charge in [-0.05, 0) is 30.2 Å². The zero-order valence-electron chi connectivity index (χ0n) is 14.6. The van der Waals surface area contributed by atoms with Crippen molar-refractivity contribution in [2.24, 2.45) is 0 Å². The summed E-state index contributed by atoms with van der Waals surface area (Å²) in [7, 11) is 0. The van der Waals surface area contributed by atoms with Crippen LogP contribution in [-0.2, 0) is 17.6 Å². The molecule has 0 amide bonds. The Morgan fingerprint density at radius 2 is 1.81 bits per heavy atom. The van der Waals surface area contributed by atoms with Crippen LogP contribution in [0.3, 0.4) is 0 Å². The van der Waals surface area contributed by atoms with E-state index in [2.05, 4.69) is 4.98 Å². The topological polar surface area (TPSA) is 123 Å². The van der Waals surface area contributed by atoms with Crippen molar-refractivity contribution in [3.05, 3.63) is 51.3 Å². The van der Waals surface area contributed by atoms with Crippen LogP contribution in [0.2, 0.25) is 0 Å². The fraction of sp³-hybridized carbons (Fsp3) is 0.176. The molecule has 0 atom stereocenters. The monoisotopic (exact) mass is 371 g/mol. The Hall–Kier alpha value is -1.22. The molecular weight excluding hydrogens is 360 g/mol. The van der Waals surface area contributed by atoms with Crippen molar-refractivity contribution in [3.8, 4) is 0 Å². The number of nitrogens with zero attached hydrogens (tertiary/aromatic N) is 1.